The highest BCUT2D eigenvalue weighted by atomic mass is 35.5. The molecule has 26 heavy (non-hydrogen) atoms. The van der Waals surface area contributed by atoms with E-state index in [1.54, 1.807) is 6.26 Å². The molecule has 0 amide bonds. The van der Waals surface area contributed by atoms with Crippen LogP contribution in [0.5, 0.6) is 0 Å². The van der Waals surface area contributed by atoms with Crippen molar-refractivity contribution in [1.29, 1.82) is 0 Å². The molecule has 2 aromatic heterocycles. The van der Waals surface area contributed by atoms with Gasteiger partial charge in [0.25, 0.3) is 0 Å². The zero-order valence-electron chi connectivity index (χ0n) is 14.2. The molecule has 0 bridgehead atoms. The fraction of sp³-hybridized carbons (Fsp3) is 0.143. The standard InChI is InChI=1S/C21H19ClN2O.ClH/c22-20-9-3-1-6-16(20)14-24-15-17(19-8-2-4-10-21(19)24)12-23-13-18-7-5-11-25-18;/h1-11,15,23H,12-14H2;1H. The SMILES string of the molecule is Cl.Clc1ccccc1Cn1cc(CNCc2ccco2)c2ccccc21. The van der Waals surface area contributed by atoms with E-state index in [9.17, 15) is 0 Å². The summed E-state index contributed by atoms with van der Waals surface area (Å²) in [6.45, 7) is 2.27. The van der Waals surface area contributed by atoms with E-state index in [0.717, 1.165) is 36.0 Å². The lowest BCUT2D eigenvalue weighted by Crippen LogP contribution is -2.11. The Balaban J connectivity index is 0.00000196. The maximum atomic E-state index is 6.34. The number of rotatable bonds is 6. The van der Waals surface area contributed by atoms with Gasteiger partial charge in [-0.3, -0.25) is 0 Å². The first-order valence-corrected chi connectivity index (χ1v) is 8.72. The number of aromatic nitrogens is 1. The topological polar surface area (TPSA) is 30.1 Å². The Labute approximate surface area is 164 Å². The first-order valence-electron chi connectivity index (χ1n) is 8.34. The minimum Gasteiger partial charge on any atom is -0.468 e. The monoisotopic (exact) mass is 386 g/mol. The molecular weight excluding hydrogens is 367 g/mol. The van der Waals surface area contributed by atoms with Gasteiger partial charge in [-0.2, -0.15) is 0 Å². The van der Waals surface area contributed by atoms with Crippen LogP contribution in [0.2, 0.25) is 5.02 Å². The van der Waals surface area contributed by atoms with Crippen LogP contribution in [0.4, 0.5) is 0 Å². The van der Waals surface area contributed by atoms with Gasteiger partial charge in [0.15, 0.2) is 0 Å². The number of fused-ring (bicyclic) bond motifs is 1. The molecule has 0 saturated heterocycles. The summed E-state index contributed by atoms with van der Waals surface area (Å²) >= 11 is 6.34. The second-order valence-electron chi connectivity index (χ2n) is 6.07. The zero-order chi connectivity index (χ0) is 17.1. The molecule has 0 saturated carbocycles. The van der Waals surface area contributed by atoms with Crippen molar-refractivity contribution >= 4 is 34.9 Å². The third-order valence-electron chi connectivity index (χ3n) is 4.36. The molecule has 4 aromatic rings. The first kappa shape index (κ1) is 18.6. The molecule has 0 aliphatic rings. The van der Waals surface area contributed by atoms with E-state index in [-0.39, 0.29) is 12.4 Å². The molecule has 2 heterocycles. The number of benzene rings is 2. The molecule has 134 valence electrons. The van der Waals surface area contributed by atoms with Crippen molar-refractivity contribution in [2.75, 3.05) is 0 Å². The van der Waals surface area contributed by atoms with Gasteiger partial charge < -0.3 is 14.3 Å². The van der Waals surface area contributed by atoms with Crippen LogP contribution in [0.1, 0.15) is 16.9 Å². The Hall–Kier alpha value is -2.20. The van der Waals surface area contributed by atoms with E-state index in [1.165, 1.54) is 16.5 Å². The van der Waals surface area contributed by atoms with Gasteiger partial charge in [0.2, 0.25) is 0 Å². The summed E-state index contributed by atoms with van der Waals surface area (Å²) in [6, 6.07) is 20.4. The summed E-state index contributed by atoms with van der Waals surface area (Å²) in [4.78, 5) is 0. The highest BCUT2D eigenvalue weighted by molar-refractivity contribution is 6.31. The normalized spacial score (nSPS) is 10.8. The Kier molecular flexibility index (Phi) is 6.04. The second kappa shape index (κ2) is 8.45. The van der Waals surface area contributed by atoms with Crippen LogP contribution in [0.15, 0.2) is 77.5 Å². The summed E-state index contributed by atoms with van der Waals surface area (Å²) in [5.74, 6) is 0.944. The number of para-hydroxylation sites is 1. The summed E-state index contributed by atoms with van der Waals surface area (Å²) in [6.07, 6.45) is 3.91. The smallest absolute Gasteiger partial charge is 0.117 e. The third kappa shape index (κ3) is 3.96. The van der Waals surface area contributed by atoms with Gasteiger partial charge in [0.05, 0.1) is 12.8 Å². The molecule has 0 atom stereocenters. The minimum absolute atomic E-state index is 0. The fourth-order valence-electron chi connectivity index (χ4n) is 3.14. The van der Waals surface area contributed by atoms with Gasteiger partial charge in [-0.05, 0) is 35.4 Å². The summed E-state index contributed by atoms with van der Waals surface area (Å²) in [5.41, 5.74) is 3.62. The Morgan fingerprint density at radius 3 is 2.50 bits per heavy atom. The van der Waals surface area contributed by atoms with Gasteiger partial charge in [-0.25, -0.2) is 0 Å². The van der Waals surface area contributed by atoms with Crippen LogP contribution >= 0.6 is 24.0 Å². The van der Waals surface area contributed by atoms with Crippen molar-refractivity contribution in [2.45, 2.75) is 19.6 Å². The Morgan fingerprint density at radius 1 is 0.885 bits per heavy atom. The van der Waals surface area contributed by atoms with Crippen molar-refractivity contribution in [2.24, 2.45) is 0 Å². The van der Waals surface area contributed by atoms with E-state index in [4.69, 9.17) is 16.0 Å². The van der Waals surface area contributed by atoms with Crippen molar-refractivity contribution in [3.05, 3.63) is 95.0 Å². The molecule has 5 heteroatoms. The number of nitrogens with one attached hydrogen (secondary N) is 1. The quantitative estimate of drug-likeness (QED) is 0.464. The van der Waals surface area contributed by atoms with Gasteiger partial charge in [0, 0.05) is 35.2 Å². The molecule has 0 aliphatic heterocycles. The van der Waals surface area contributed by atoms with Crippen LogP contribution in [0, 0.1) is 0 Å². The zero-order valence-corrected chi connectivity index (χ0v) is 15.8. The van der Waals surface area contributed by atoms with Gasteiger partial charge >= 0.3 is 0 Å². The van der Waals surface area contributed by atoms with Crippen LogP contribution in [0.25, 0.3) is 10.9 Å². The molecule has 4 rings (SSSR count). The highest BCUT2D eigenvalue weighted by Crippen LogP contribution is 2.24. The van der Waals surface area contributed by atoms with Crippen LogP contribution < -0.4 is 5.32 Å². The molecule has 0 spiro atoms. The average Bonchev–Trinajstić information content (AvgIpc) is 3.26. The lowest BCUT2D eigenvalue weighted by molar-refractivity contribution is 0.483. The van der Waals surface area contributed by atoms with E-state index >= 15 is 0 Å². The molecule has 0 fully saturated rings. The molecular formula is C21H20Cl2N2O. The molecule has 1 N–H and O–H groups in total. The molecule has 0 aliphatic carbocycles. The van der Waals surface area contributed by atoms with Crippen LogP contribution in [-0.4, -0.2) is 4.57 Å². The van der Waals surface area contributed by atoms with Gasteiger partial charge in [-0.15, -0.1) is 12.4 Å². The minimum atomic E-state index is 0. The average molecular weight is 387 g/mol. The lowest BCUT2D eigenvalue weighted by atomic mass is 10.2. The number of hydrogen-bond acceptors (Lipinski definition) is 2. The Bertz CT molecular complexity index is 977. The maximum absolute atomic E-state index is 6.34. The van der Waals surface area contributed by atoms with Crippen molar-refractivity contribution in [3.8, 4) is 0 Å². The Morgan fingerprint density at radius 2 is 1.69 bits per heavy atom. The predicted octanol–water partition coefficient (Wildman–Crippen LogP) is 5.65. The molecule has 0 unspecified atom stereocenters. The molecule has 0 radical (unpaired) electrons. The maximum Gasteiger partial charge on any atom is 0.117 e. The number of halogens is 2. The van der Waals surface area contributed by atoms with E-state index in [0.29, 0.717) is 0 Å². The van der Waals surface area contributed by atoms with E-state index in [2.05, 4.69) is 46.4 Å². The summed E-state index contributed by atoms with van der Waals surface area (Å²) < 4.78 is 7.64. The van der Waals surface area contributed by atoms with Crippen LogP contribution in [0.3, 0.4) is 0 Å². The second-order valence-corrected chi connectivity index (χ2v) is 6.48. The van der Waals surface area contributed by atoms with Crippen molar-refractivity contribution in [3.63, 3.8) is 0 Å². The van der Waals surface area contributed by atoms with Gasteiger partial charge in [0.1, 0.15) is 5.76 Å². The fourth-order valence-corrected chi connectivity index (χ4v) is 3.33. The predicted molar refractivity (Wildman–Crippen MR) is 109 cm³/mol. The van der Waals surface area contributed by atoms with E-state index in [1.807, 2.05) is 30.3 Å². The largest absolute Gasteiger partial charge is 0.468 e. The van der Waals surface area contributed by atoms with Crippen molar-refractivity contribution in [1.82, 2.24) is 9.88 Å². The molecule has 2 aromatic carbocycles. The molecule has 3 nitrogen and oxygen atoms in total. The number of nitrogens with zero attached hydrogens (tertiary/aromatic N) is 1. The van der Waals surface area contributed by atoms with E-state index < -0.39 is 0 Å². The summed E-state index contributed by atoms with van der Waals surface area (Å²) in [5, 5.41) is 5.52. The highest BCUT2D eigenvalue weighted by Gasteiger charge is 2.09. The van der Waals surface area contributed by atoms with Crippen molar-refractivity contribution < 1.29 is 4.42 Å². The van der Waals surface area contributed by atoms with Gasteiger partial charge in [-0.1, -0.05) is 48.0 Å². The first-order chi connectivity index (χ1) is 12.3. The number of hydrogen-bond donors (Lipinski definition) is 1. The third-order valence-corrected chi connectivity index (χ3v) is 4.73. The van der Waals surface area contributed by atoms with Crippen LogP contribution in [-0.2, 0) is 19.6 Å². The summed E-state index contributed by atoms with van der Waals surface area (Å²) in [7, 11) is 0. The number of furan rings is 1. The lowest BCUT2D eigenvalue weighted by Gasteiger charge is -2.07.